The van der Waals surface area contributed by atoms with E-state index in [0.717, 1.165) is 12.8 Å². The predicted octanol–water partition coefficient (Wildman–Crippen LogP) is 2.86. The van der Waals surface area contributed by atoms with Gasteiger partial charge in [-0.1, -0.05) is 44.2 Å². The van der Waals surface area contributed by atoms with E-state index in [1.54, 1.807) is 18.2 Å². The zero-order valence-corrected chi connectivity index (χ0v) is 12.8. The summed E-state index contributed by atoms with van der Waals surface area (Å²) in [6.07, 6.45) is 8.23. The molecule has 114 valence electrons. The molecule has 0 atom stereocenters. The standard InChI is InChI=1S/C15H21N3O2S/c19-21(20)14-11-7-6-10-13(14)17-15(18-21)16-12-8-4-2-1-3-5-9-12/h6-7,10-12H,1-5,8-9H2,(H2,16,17,18). The van der Waals surface area contributed by atoms with Crippen molar-refractivity contribution >= 4 is 21.7 Å². The van der Waals surface area contributed by atoms with Crippen molar-refractivity contribution in [3.8, 4) is 0 Å². The van der Waals surface area contributed by atoms with E-state index < -0.39 is 10.0 Å². The maximum atomic E-state index is 12.2. The molecule has 0 aromatic heterocycles. The van der Waals surface area contributed by atoms with Crippen molar-refractivity contribution in [3.05, 3.63) is 24.3 Å². The van der Waals surface area contributed by atoms with Crippen LogP contribution < -0.4 is 10.0 Å². The summed E-state index contributed by atoms with van der Waals surface area (Å²) in [5, 5.41) is 3.10. The number of hydrogen-bond donors (Lipinski definition) is 2. The van der Waals surface area contributed by atoms with Crippen LogP contribution in [0.3, 0.4) is 0 Å². The van der Waals surface area contributed by atoms with Crippen molar-refractivity contribution in [1.29, 1.82) is 0 Å². The number of hydrogen-bond acceptors (Lipinski definition) is 3. The SMILES string of the molecule is O=S1(=O)NC(=NC2CCCCCCC2)Nc2ccccc21. The Morgan fingerprint density at radius 2 is 1.67 bits per heavy atom. The van der Waals surface area contributed by atoms with Gasteiger partial charge in [-0.15, -0.1) is 0 Å². The normalized spacial score (nSPS) is 24.3. The molecule has 5 nitrogen and oxygen atoms in total. The Bertz CT molecular complexity index is 632. The quantitative estimate of drug-likeness (QED) is 0.838. The molecule has 0 spiro atoms. The summed E-state index contributed by atoms with van der Waals surface area (Å²) in [5.41, 5.74) is 0.598. The summed E-state index contributed by atoms with van der Waals surface area (Å²) in [7, 11) is -3.50. The predicted molar refractivity (Wildman–Crippen MR) is 83.9 cm³/mol. The molecule has 1 aromatic carbocycles. The van der Waals surface area contributed by atoms with Gasteiger partial charge in [0.25, 0.3) is 10.0 Å². The zero-order valence-electron chi connectivity index (χ0n) is 12.0. The van der Waals surface area contributed by atoms with E-state index in [1.165, 1.54) is 32.1 Å². The molecule has 2 N–H and O–H groups in total. The van der Waals surface area contributed by atoms with Gasteiger partial charge < -0.3 is 5.32 Å². The molecule has 1 saturated carbocycles. The average Bonchev–Trinajstić information content (AvgIpc) is 2.41. The fourth-order valence-electron chi connectivity index (χ4n) is 2.94. The van der Waals surface area contributed by atoms with Gasteiger partial charge in [0, 0.05) is 0 Å². The molecule has 0 radical (unpaired) electrons. The maximum absolute atomic E-state index is 12.2. The van der Waals surface area contributed by atoms with Crippen LogP contribution in [-0.2, 0) is 10.0 Å². The van der Waals surface area contributed by atoms with E-state index in [9.17, 15) is 8.42 Å². The Hall–Kier alpha value is -1.56. The molecular weight excluding hydrogens is 286 g/mol. The van der Waals surface area contributed by atoms with Crippen LogP contribution in [0.25, 0.3) is 0 Å². The number of nitrogens with zero attached hydrogens (tertiary/aromatic N) is 1. The first-order valence-electron chi connectivity index (χ1n) is 7.62. The molecule has 1 aromatic rings. The summed E-state index contributed by atoms with van der Waals surface area (Å²) >= 11 is 0. The van der Waals surface area contributed by atoms with Crippen LogP contribution in [0.5, 0.6) is 0 Å². The van der Waals surface area contributed by atoms with Gasteiger partial charge in [-0.3, -0.25) is 0 Å². The summed E-state index contributed by atoms with van der Waals surface area (Å²) < 4.78 is 27.0. The third kappa shape index (κ3) is 3.37. The van der Waals surface area contributed by atoms with Crippen LogP contribution in [0, 0.1) is 0 Å². The lowest BCUT2D eigenvalue weighted by molar-refractivity contribution is 0.454. The first kappa shape index (κ1) is 14.4. The summed E-state index contributed by atoms with van der Waals surface area (Å²) in [6, 6.07) is 7.11. The number of sulfonamides is 1. The molecule has 3 rings (SSSR count). The lowest BCUT2D eigenvalue weighted by Gasteiger charge is -2.23. The lowest BCUT2D eigenvalue weighted by atomic mass is 9.97. The van der Waals surface area contributed by atoms with Crippen LogP contribution in [0.1, 0.15) is 44.9 Å². The molecule has 0 saturated heterocycles. The third-order valence-electron chi connectivity index (χ3n) is 4.05. The lowest BCUT2D eigenvalue weighted by Crippen LogP contribution is -2.41. The minimum Gasteiger partial charge on any atom is -0.324 e. The molecule has 0 unspecified atom stereocenters. The second kappa shape index (κ2) is 6.05. The van der Waals surface area contributed by atoms with Gasteiger partial charge in [-0.2, -0.15) is 0 Å². The molecule has 1 aliphatic carbocycles. The average molecular weight is 307 g/mol. The molecule has 1 fully saturated rings. The Morgan fingerprint density at radius 3 is 2.43 bits per heavy atom. The van der Waals surface area contributed by atoms with E-state index in [4.69, 9.17) is 0 Å². The van der Waals surface area contributed by atoms with Crippen LogP contribution in [-0.4, -0.2) is 20.4 Å². The van der Waals surface area contributed by atoms with Gasteiger partial charge >= 0.3 is 0 Å². The van der Waals surface area contributed by atoms with E-state index in [1.807, 2.05) is 6.07 Å². The van der Waals surface area contributed by atoms with E-state index >= 15 is 0 Å². The van der Waals surface area contributed by atoms with Gasteiger partial charge in [0.2, 0.25) is 5.96 Å². The monoisotopic (exact) mass is 307 g/mol. The third-order valence-corrected chi connectivity index (χ3v) is 5.44. The van der Waals surface area contributed by atoms with E-state index in [-0.39, 0.29) is 10.9 Å². The number of aliphatic imine (C=N–C) groups is 1. The Labute approximate surface area is 125 Å². The minimum absolute atomic E-state index is 0.209. The summed E-state index contributed by atoms with van der Waals surface area (Å²) in [6.45, 7) is 0. The molecule has 21 heavy (non-hydrogen) atoms. The fourth-order valence-corrected chi connectivity index (χ4v) is 4.08. The molecular formula is C15H21N3O2S. The Balaban J connectivity index is 1.82. The highest BCUT2D eigenvalue weighted by Gasteiger charge is 2.26. The summed E-state index contributed by atoms with van der Waals surface area (Å²) in [5.74, 6) is 0.360. The van der Waals surface area contributed by atoms with E-state index in [2.05, 4.69) is 15.0 Å². The topological polar surface area (TPSA) is 70.6 Å². The van der Waals surface area contributed by atoms with Gasteiger partial charge in [0.15, 0.2) is 0 Å². The van der Waals surface area contributed by atoms with Crippen LogP contribution >= 0.6 is 0 Å². The second-order valence-corrected chi connectivity index (χ2v) is 7.35. The Morgan fingerprint density at radius 1 is 1.00 bits per heavy atom. The largest absolute Gasteiger partial charge is 0.324 e. The molecule has 0 amide bonds. The van der Waals surface area contributed by atoms with Gasteiger partial charge in [-0.05, 0) is 25.0 Å². The molecule has 2 aliphatic rings. The van der Waals surface area contributed by atoms with Crippen molar-refractivity contribution < 1.29 is 8.42 Å². The fraction of sp³-hybridized carbons (Fsp3) is 0.533. The zero-order chi connectivity index (χ0) is 14.7. The van der Waals surface area contributed by atoms with Crippen LogP contribution in [0.4, 0.5) is 5.69 Å². The Kier molecular flexibility index (Phi) is 4.14. The first-order valence-corrected chi connectivity index (χ1v) is 9.10. The van der Waals surface area contributed by atoms with Crippen molar-refractivity contribution in [2.75, 3.05) is 5.32 Å². The smallest absolute Gasteiger partial charge is 0.266 e. The van der Waals surface area contributed by atoms with Crippen molar-refractivity contribution in [3.63, 3.8) is 0 Å². The minimum atomic E-state index is -3.50. The number of nitrogens with one attached hydrogen (secondary N) is 2. The number of guanidine groups is 1. The second-order valence-electron chi connectivity index (χ2n) is 5.70. The van der Waals surface area contributed by atoms with E-state index in [0.29, 0.717) is 11.6 Å². The van der Waals surface area contributed by atoms with Crippen molar-refractivity contribution in [2.24, 2.45) is 4.99 Å². The molecule has 1 heterocycles. The number of para-hydroxylation sites is 1. The van der Waals surface area contributed by atoms with Gasteiger partial charge in [-0.25, -0.2) is 18.1 Å². The number of anilines is 1. The first-order chi connectivity index (χ1) is 10.1. The summed E-state index contributed by atoms with van der Waals surface area (Å²) in [4.78, 5) is 4.89. The highest BCUT2D eigenvalue weighted by atomic mass is 32.2. The number of benzene rings is 1. The maximum Gasteiger partial charge on any atom is 0.266 e. The highest BCUT2D eigenvalue weighted by Crippen LogP contribution is 2.25. The van der Waals surface area contributed by atoms with Crippen molar-refractivity contribution in [2.45, 2.75) is 55.9 Å². The van der Waals surface area contributed by atoms with Gasteiger partial charge in [0.05, 0.1) is 11.7 Å². The van der Waals surface area contributed by atoms with Crippen LogP contribution in [0.15, 0.2) is 34.2 Å². The number of rotatable bonds is 1. The van der Waals surface area contributed by atoms with Gasteiger partial charge in [0.1, 0.15) is 4.90 Å². The van der Waals surface area contributed by atoms with Crippen LogP contribution in [0.2, 0.25) is 0 Å². The van der Waals surface area contributed by atoms with Crippen molar-refractivity contribution in [1.82, 2.24) is 4.72 Å². The molecule has 0 bridgehead atoms. The molecule has 1 aliphatic heterocycles. The number of fused-ring (bicyclic) bond motifs is 1. The molecule has 6 heteroatoms. The highest BCUT2D eigenvalue weighted by molar-refractivity contribution is 7.90.